The first-order valence-corrected chi connectivity index (χ1v) is 46.1. The SMILES string of the molecule is C=CCOC(=O)N1C[C@@H]2CC3(CC3)CN2C(=O)c2cc(OC)c(OCCCCCOc3cc4c(cc3OC)C(=O)N3Cc5ccccc5C[C@H]3[C@H](O)N4C(=O)OCc3ccc(NC(=O)[C@H](CO[C@@H]4O[C@H](C(=O)OC)[C@@H](OC(C)=O)[C@H](OC(C)=O)[C@H]4OC(C)=O)NC(=O)[C@@H](NC(C)=O)C(C)C)cc3NC(=O)CCOCCOCCOCCOCCNC(=O)OCC3c4ccccc4-c4ccccc43)cc21. The topological polar surface area (TPSA) is 472 Å². The number of aliphatic hydroxyl groups is 1. The Kier molecular flexibility index (Phi) is 35.7. The number of hydrogen-bond donors (Lipinski definition) is 6. The lowest BCUT2D eigenvalue weighted by molar-refractivity contribution is -0.302. The van der Waals surface area contributed by atoms with Crippen LogP contribution in [-0.2, 0) is 120 Å². The Morgan fingerprint density at radius 3 is 1.80 bits per heavy atom. The van der Waals surface area contributed by atoms with Gasteiger partial charge in [0.15, 0.2) is 59.9 Å². The first-order chi connectivity index (χ1) is 67.0. The molecule has 13 rings (SSSR count). The Morgan fingerprint density at radius 2 is 1.19 bits per heavy atom. The van der Waals surface area contributed by atoms with Gasteiger partial charge in [-0.2, -0.15) is 0 Å². The van der Waals surface area contributed by atoms with E-state index in [4.69, 9.17) is 80.5 Å². The van der Waals surface area contributed by atoms with Crippen LogP contribution in [0, 0.1) is 11.3 Å². The van der Waals surface area contributed by atoms with Crippen LogP contribution in [0.15, 0.2) is 128 Å². The molecule has 5 heterocycles. The van der Waals surface area contributed by atoms with Crippen molar-refractivity contribution in [3.8, 4) is 34.1 Å². The van der Waals surface area contributed by atoms with Gasteiger partial charge in [-0.1, -0.05) is 105 Å². The minimum atomic E-state index is -1.97. The fourth-order valence-corrected chi connectivity index (χ4v) is 17.8. The van der Waals surface area contributed by atoms with E-state index in [0.717, 1.165) is 85.4 Å². The summed E-state index contributed by atoms with van der Waals surface area (Å²) in [5.74, 6) is -8.07. The number of carbonyl (C=O) groups is 13. The number of anilines is 4. The molecule has 0 radical (unpaired) electrons. The number of esters is 4. The van der Waals surface area contributed by atoms with Gasteiger partial charge in [-0.15, -0.1) is 0 Å². The third-order valence-corrected chi connectivity index (χ3v) is 24.7. The molecule has 40 nitrogen and oxygen atoms in total. The average Bonchev–Trinajstić information content (AvgIpc) is 1.58. The van der Waals surface area contributed by atoms with Crippen molar-refractivity contribution in [2.45, 2.75) is 173 Å². The van der Waals surface area contributed by atoms with E-state index in [1.807, 2.05) is 65.6 Å². The number of nitrogens with zero attached hydrogens (tertiary/aromatic N) is 4. The quantitative estimate of drug-likeness (QED) is 0.00900. The molecule has 6 aromatic carbocycles. The van der Waals surface area contributed by atoms with Crippen LogP contribution in [0.3, 0.4) is 0 Å². The van der Waals surface area contributed by atoms with E-state index in [9.17, 15) is 53.1 Å². The maximum Gasteiger partial charge on any atom is 0.416 e. The standard InChI is InChI=1S/C99H119N9O31/c1-11-33-132-97(121)106-52-66-50-99(30-31-99)56-107(66)92(117)71-46-79(123-8)81(48-76(71)106)130-34-19-12-20-35-131-82-49-77-72(47-80(82)124-9)91(116)105-51-63-22-14-13-21-62(63)44-78(105)93(118)108(77)98(122)135-53-64-27-28-65(102-89(114)75(104-90(115)84(57(2)3)101-58(4)109)55-133-95-88(138-61(7)112)86(137-60(6)111)85(136-59(5)110)87(139-95)94(119)125-10)45-74(64)103-83(113)29-36-126-38-40-128-42-43-129-41-39-127-37-32-100-96(120)134-54-73-69-25-17-15-23-67(69)68-24-16-18-26-70(68)73/h11,13-18,21-28,45-49,57,66,73,75,78,84-88,93,95,118H,1,12,19-20,29-44,50-56H2,2-10H3,(H,100,120)(H,101,109)(H,102,114)(H,103,113)(H,104,115)/t66-,75-,78-,84-,85-,86-,87-,88+,93-,95+/m0/s1. The second kappa shape index (κ2) is 48.2. The van der Waals surface area contributed by atoms with Gasteiger partial charge in [-0.3, -0.25) is 48.1 Å². The number of aliphatic hydroxyl groups excluding tert-OH is 1. The molecule has 3 fully saturated rings. The molecule has 7 aliphatic rings. The van der Waals surface area contributed by atoms with Crippen LogP contribution in [-0.4, -0.2) is 280 Å². The maximum atomic E-state index is 15.4. The predicted molar refractivity (Wildman–Crippen MR) is 496 cm³/mol. The van der Waals surface area contributed by atoms with Crippen molar-refractivity contribution in [2.24, 2.45) is 11.3 Å². The number of methoxy groups -OCH3 is 3. The van der Waals surface area contributed by atoms with Crippen molar-refractivity contribution in [1.29, 1.82) is 0 Å². The summed E-state index contributed by atoms with van der Waals surface area (Å²) in [5.41, 5.74) is 6.47. The van der Waals surface area contributed by atoms with E-state index in [-0.39, 0.29) is 180 Å². The number of alkyl carbamates (subject to hydrolysis) is 1. The van der Waals surface area contributed by atoms with E-state index in [1.54, 1.807) is 26.0 Å². The molecular formula is C99H119N9O31. The van der Waals surface area contributed by atoms with Crippen molar-refractivity contribution in [1.82, 2.24) is 25.8 Å². The zero-order chi connectivity index (χ0) is 99.1. The molecule has 9 amide bonds. The summed E-state index contributed by atoms with van der Waals surface area (Å²) in [6.45, 7) is 12.0. The van der Waals surface area contributed by atoms with E-state index in [2.05, 4.69) is 45.3 Å². The highest BCUT2D eigenvalue weighted by Gasteiger charge is 2.58. The van der Waals surface area contributed by atoms with E-state index in [0.29, 0.717) is 43.0 Å². The monoisotopic (exact) mass is 1930 g/mol. The zero-order valence-electron chi connectivity index (χ0n) is 79.1. The summed E-state index contributed by atoms with van der Waals surface area (Å²) in [4.78, 5) is 185. The summed E-state index contributed by atoms with van der Waals surface area (Å²) >= 11 is 0. The maximum absolute atomic E-state index is 15.4. The molecule has 2 aliphatic carbocycles. The van der Waals surface area contributed by atoms with Crippen LogP contribution in [0.4, 0.5) is 37.1 Å². The Bertz CT molecular complexity index is 5430. The van der Waals surface area contributed by atoms with Crippen LogP contribution in [0.25, 0.3) is 11.1 Å². The minimum Gasteiger partial charge on any atom is -0.493 e. The Morgan fingerprint density at radius 1 is 0.597 bits per heavy atom. The fraction of sp³-hybridized carbons (Fsp3) is 0.485. The van der Waals surface area contributed by atoms with Gasteiger partial charge < -0.3 is 122 Å². The van der Waals surface area contributed by atoms with Crippen molar-refractivity contribution in [2.75, 3.05) is 147 Å². The molecular weight excluding hydrogens is 1810 g/mol. The lowest BCUT2D eigenvalue weighted by atomic mass is 9.93. The first-order valence-electron chi connectivity index (χ1n) is 46.1. The molecule has 6 N–H and O–H groups in total. The summed E-state index contributed by atoms with van der Waals surface area (Å²) < 4.78 is 98.0. The molecule has 0 bridgehead atoms. The minimum absolute atomic E-state index is 0.0349. The normalized spacial score (nSPS) is 19.4. The molecule has 40 heteroatoms. The van der Waals surface area contributed by atoms with Crippen molar-refractivity contribution >= 4 is 100 Å². The third-order valence-electron chi connectivity index (χ3n) is 24.7. The van der Waals surface area contributed by atoms with Crippen LogP contribution in [0.1, 0.15) is 141 Å². The van der Waals surface area contributed by atoms with Gasteiger partial charge in [-0.05, 0) is 114 Å². The highest BCUT2D eigenvalue weighted by molar-refractivity contribution is 6.08. The smallest absolute Gasteiger partial charge is 0.416 e. The molecule has 1 saturated carbocycles. The number of unbranched alkanes of at least 4 members (excludes halogenated alkanes) is 2. The number of amides is 9. The van der Waals surface area contributed by atoms with Gasteiger partial charge in [-0.25, -0.2) is 24.1 Å². The number of hydrogen-bond acceptors (Lipinski definition) is 31. The van der Waals surface area contributed by atoms with Crippen molar-refractivity contribution in [3.05, 3.63) is 167 Å². The van der Waals surface area contributed by atoms with Crippen molar-refractivity contribution < 1.29 is 148 Å². The lowest BCUT2D eigenvalue weighted by Crippen LogP contribution is -2.64. The Labute approximate surface area is 803 Å². The number of rotatable bonds is 45. The lowest BCUT2D eigenvalue weighted by Gasteiger charge is -2.43. The van der Waals surface area contributed by atoms with Crippen LogP contribution in [0.5, 0.6) is 23.0 Å². The molecule has 0 aromatic heterocycles. The average molecular weight is 1930 g/mol. The van der Waals surface area contributed by atoms with E-state index >= 15 is 14.4 Å². The second-order valence-corrected chi connectivity index (χ2v) is 34.7. The first kappa shape index (κ1) is 103. The predicted octanol–water partition coefficient (Wildman–Crippen LogP) is 8.74. The van der Waals surface area contributed by atoms with Gasteiger partial charge in [0.25, 0.3) is 11.8 Å². The van der Waals surface area contributed by atoms with Crippen LogP contribution in [0.2, 0.25) is 0 Å². The molecule has 0 unspecified atom stereocenters. The third kappa shape index (κ3) is 25.9. The number of fused-ring (bicyclic) bond motifs is 8. The summed E-state index contributed by atoms with van der Waals surface area (Å²) in [5, 5.41) is 26.2. The van der Waals surface area contributed by atoms with Crippen LogP contribution < -0.4 is 55.3 Å². The number of nitrogens with one attached hydrogen (secondary N) is 5. The van der Waals surface area contributed by atoms with Gasteiger partial charge in [0.1, 0.15) is 31.9 Å². The molecule has 139 heavy (non-hydrogen) atoms. The number of carbonyl (C=O) groups excluding carboxylic acids is 13. The zero-order valence-corrected chi connectivity index (χ0v) is 79.1. The Balaban J connectivity index is 0.688. The molecule has 5 aliphatic heterocycles. The van der Waals surface area contributed by atoms with Crippen molar-refractivity contribution in [3.63, 3.8) is 0 Å². The molecule has 1 spiro atoms. The van der Waals surface area contributed by atoms with Crippen LogP contribution >= 0.6 is 0 Å². The molecule has 2 saturated heterocycles. The van der Waals surface area contributed by atoms with Gasteiger partial charge in [0.05, 0.1) is 135 Å². The van der Waals surface area contributed by atoms with Gasteiger partial charge in [0.2, 0.25) is 23.6 Å². The van der Waals surface area contributed by atoms with Gasteiger partial charge in [0, 0.05) is 88.9 Å². The summed E-state index contributed by atoms with van der Waals surface area (Å²) in [7, 11) is 3.82. The highest BCUT2D eigenvalue weighted by atomic mass is 16.7. The number of ether oxygens (including phenoxy) is 17. The van der Waals surface area contributed by atoms with E-state index in [1.165, 1.54) is 67.4 Å². The van der Waals surface area contributed by atoms with Gasteiger partial charge >= 0.3 is 42.2 Å². The Hall–Kier alpha value is -13.5. The second-order valence-electron chi connectivity index (χ2n) is 34.7. The highest BCUT2D eigenvalue weighted by Crippen LogP contribution is 2.56. The fourth-order valence-electron chi connectivity index (χ4n) is 17.8. The van der Waals surface area contributed by atoms with E-state index < -0.39 is 146 Å². The molecule has 6 aromatic rings. The largest absolute Gasteiger partial charge is 0.493 e. The summed E-state index contributed by atoms with van der Waals surface area (Å²) in [6.07, 6.45) is -8.00. The number of benzene rings is 6. The summed E-state index contributed by atoms with van der Waals surface area (Å²) in [6, 6.07) is 29.2. The molecule has 746 valence electrons. The molecule has 10 atom stereocenters.